The van der Waals surface area contributed by atoms with Gasteiger partial charge in [0, 0.05) is 22.3 Å². The zero-order chi connectivity index (χ0) is 18.0. The number of anilines is 1. The molecule has 0 saturated carbocycles. The van der Waals surface area contributed by atoms with Gasteiger partial charge in [0.2, 0.25) is 5.91 Å². The fourth-order valence-corrected chi connectivity index (χ4v) is 3.38. The van der Waals surface area contributed by atoms with Gasteiger partial charge in [0.1, 0.15) is 5.92 Å². The lowest BCUT2D eigenvalue weighted by molar-refractivity contribution is -0.120. The molecule has 1 aromatic heterocycles. The maximum absolute atomic E-state index is 14.3. The molecule has 1 aliphatic carbocycles. The van der Waals surface area contributed by atoms with E-state index in [0.29, 0.717) is 22.4 Å². The molecule has 130 valence electrons. The van der Waals surface area contributed by atoms with Crippen LogP contribution in [0.25, 0.3) is 0 Å². The molecule has 1 heterocycles. The average molecular weight is 445 g/mol. The van der Waals surface area contributed by atoms with Crippen molar-refractivity contribution in [1.82, 2.24) is 9.78 Å². The van der Waals surface area contributed by atoms with Gasteiger partial charge < -0.3 is 5.32 Å². The summed E-state index contributed by atoms with van der Waals surface area (Å²) in [5.74, 6) is -1.13. The summed E-state index contributed by atoms with van der Waals surface area (Å²) in [4.78, 5) is 12.3. The molecule has 25 heavy (non-hydrogen) atoms. The van der Waals surface area contributed by atoms with Gasteiger partial charge in [0.15, 0.2) is 10.4 Å². The summed E-state index contributed by atoms with van der Waals surface area (Å²) >= 11 is 14.9. The van der Waals surface area contributed by atoms with E-state index in [1.807, 2.05) is 6.07 Å². The summed E-state index contributed by atoms with van der Waals surface area (Å²) in [6, 6.07) is 6.85. The van der Waals surface area contributed by atoms with Crippen molar-refractivity contribution < 1.29 is 9.18 Å². The number of carbonyl (C=O) groups is 1. The van der Waals surface area contributed by atoms with E-state index in [1.165, 1.54) is 12.2 Å². The van der Waals surface area contributed by atoms with Crippen LogP contribution in [0.1, 0.15) is 5.56 Å². The second-order valence-corrected chi connectivity index (χ2v) is 7.58. The van der Waals surface area contributed by atoms with Crippen molar-refractivity contribution >= 4 is 50.9 Å². The number of rotatable bonds is 4. The van der Waals surface area contributed by atoms with Gasteiger partial charge in [0.25, 0.3) is 0 Å². The van der Waals surface area contributed by atoms with Crippen LogP contribution in [0.15, 0.2) is 54.8 Å². The first kappa shape index (κ1) is 18.2. The first-order valence-corrected chi connectivity index (χ1v) is 8.92. The van der Waals surface area contributed by atoms with E-state index in [1.54, 1.807) is 41.2 Å². The molecule has 2 aromatic rings. The molecule has 2 unspecified atom stereocenters. The average Bonchev–Trinajstić information content (AvgIpc) is 2.96. The summed E-state index contributed by atoms with van der Waals surface area (Å²) in [5, 5.41) is 7.97. The van der Waals surface area contributed by atoms with Crippen molar-refractivity contribution in [3.63, 3.8) is 0 Å². The number of allylic oxidation sites excluding steroid dienone is 3. The number of halogens is 4. The maximum atomic E-state index is 14.3. The molecular formula is C17H13BrCl2FN3O. The van der Waals surface area contributed by atoms with Crippen LogP contribution in [0.3, 0.4) is 0 Å². The fourth-order valence-electron chi connectivity index (χ4n) is 2.40. The third-order valence-electron chi connectivity index (χ3n) is 3.67. The number of amides is 1. The van der Waals surface area contributed by atoms with Crippen LogP contribution in [0.2, 0.25) is 10.0 Å². The number of hydrogen-bond acceptors (Lipinski definition) is 2. The lowest BCUT2D eigenvalue weighted by Crippen LogP contribution is -2.35. The van der Waals surface area contributed by atoms with Crippen molar-refractivity contribution in [3.8, 4) is 0 Å². The highest BCUT2D eigenvalue weighted by Gasteiger charge is 2.38. The monoisotopic (exact) mass is 443 g/mol. The summed E-state index contributed by atoms with van der Waals surface area (Å²) in [6.07, 6.45) is 7.66. The van der Waals surface area contributed by atoms with Gasteiger partial charge in [-0.05, 0) is 39.7 Å². The van der Waals surface area contributed by atoms with Gasteiger partial charge in [-0.15, -0.1) is 0 Å². The Morgan fingerprint density at radius 2 is 2.16 bits per heavy atom. The molecule has 0 saturated heterocycles. The van der Waals surface area contributed by atoms with Crippen molar-refractivity contribution in [2.45, 2.75) is 11.1 Å². The molecule has 1 aromatic carbocycles. The second-order valence-electron chi connectivity index (χ2n) is 5.52. The minimum absolute atomic E-state index is 0.335. The van der Waals surface area contributed by atoms with Gasteiger partial charge in [0.05, 0.1) is 6.54 Å². The van der Waals surface area contributed by atoms with E-state index in [0.717, 1.165) is 5.56 Å². The Morgan fingerprint density at radius 3 is 2.88 bits per heavy atom. The van der Waals surface area contributed by atoms with Gasteiger partial charge in [-0.1, -0.05) is 47.5 Å². The van der Waals surface area contributed by atoms with Gasteiger partial charge in [-0.3, -0.25) is 9.48 Å². The normalized spacial score (nSPS) is 22.2. The van der Waals surface area contributed by atoms with E-state index in [9.17, 15) is 9.18 Å². The van der Waals surface area contributed by atoms with E-state index in [-0.39, 0.29) is 0 Å². The zero-order valence-electron chi connectivity index (χ0n) is 12.8. The lowest BCUT2D eigenvalue weighted by Gasteiger charge is -2.24. The predicted octanol–water partition coefficient (Wildman–Crippen LogP) is 4.98. The number of nitrogens with one attached hydrogen (secondary N) is 1. The van der Waals surface area contributed by atoms with Crippen molar-refractivity contribution in [2.75, 3.05) is 5.32 Å². The van der Waals surface area contributed by atoms with E-state index < -0.39 is 16.4 Å². The van der Waals surface area contributed by atoms with E-state index in [4.69, 9.17) is 23.2 Å². The van der Waals surface area contributed by atoms with Crippen LogP contribution < -0.4 is 5.32 Å². The molecule has 1 aliphatic rings. The highest BCUT2D eigenvalue weighted by atomic mass is 79.9. The number of hydrogen-bond donors (Lipinski definition) is 1. The Morgan fingerprint density at radius 1 is 1.36 bits per heavy atom. The third kappa shape index (κ3) is 4.32. The van der Waals surface area contributed by atoms with Crippen molar-refractivity contribution in [2.24, 2.45) is 5.92 Å². The standard InChI is InChI=1S/C17H13BrCl2FN3O/c18-17(21)7-2-1-3-13(17)16(25)22-15-6-8-24(23-15)10-11-4-5-12(19)9-14(11)20/h1-9,13H,10H2,(H,22,23,25). The summed E-state index contributed by atoms with van der Waals surface area (Å²) < 4.78 is 14.0. The number of nitrogens with zero attached hydrogens (tertiary/aromatic N) is 2. The molecule has 2 atom stereocenters. The Hall–Kier alpha value is -1.63. The minimum Gasteiger partial charge on any atom is -0.309 e. The second kappa shape index (κ2) is 7.32. The van der Waals surface area contributed by atoms with Gasteiger partial charge in [-0.25, -0.2) is 4.39 Å². The smallest absolute Gasteiger partial charge is 0.237 e. The topological polar surface area (TPSA) is 46.9 Å². The molecule has 1 amide bonds. The molecule has 4 nitrogen and oxygen atoms in total. The lowest BCUT2D eigenvalue weighted by atomic mass is 9.98. The fraction of sp³-hybridized carbons (Fsp3) is 0.176. The van der Waals surface area contributed by atoms with Crippen LogP contribution >= 0.6 is 39.1 Å². The first-order chi connectivity index (χ1) is 11.8. The molecule has 0 bridgehead atoms. The number of carbonyl (C=O) groups excluding carboxylic acids is 1. The predicted molar refractivity (Wildman–Crippen MR) is 101 cm³/mol. The summed E-state index contributed by atoms with van der Waals surface area (Å²) in [7, 11) is 0. The van der Waals surface area contributed by atoms with Crippen LogP contribution in [-0.4, -0.2) is 20.3 Å². The quantitative estimate of drug-likeness (QED) is 0.676. The van der Waals surface area contributed by atoms with E-state index in [2.05, 4.69) is 26.3 Å². The van der Waals surface area contributed by atoms with Crippen LogP contribution in [0.5, 0.6) is 0 Å². The largest absolute Gasteiger partial charge is 0.309 e. The molecular weight excluding hydrogens is 432 g/mol. The maximum Gasteiger partial charge on any atom is 0.237 e. The van der Waals surface area contributed by atoms with Crippen molar-refractivity contribution in [1.29, 1.82) is 0 Å². The number of alkyl halides is 2. The molecule has 0 radical (unpaired) electrons. The Bertz CT molecular complexity index is 863. The van der Waals surface area contributed by atoms with Gasteiger partial charge in [-0.2, -0.15) is 5.10 Å². The SMILES string of the molecule is O=C(Nc1ccn(Cc2ccc(Cl)cc2Cl)n1)C1C=CC=CC1(F)Br. The van der Waals surface area contributed by atoms with Crippen LogP contribution in [-0.2, 0) is 11.3 Å². The Labute approximate surface area is 162 Å². The Kier molecular flexibility index (Phi) is 5.32. The van der Waals surface area contributed by atoms with Crippen molar-refractivity contribution in [3.05, 3.63) is 70.4 Å². The molecule has 0 fully saturated rings. The number of aromatic nitrogens is 2. The highest BCUT2D eigenvalue weighted by molar-refractivity contribution is 9.10. The molecule has 8 heteroatoms. The highest BCUT2D eigenvalue weighted by Crippen LogP contribution is 2.35. The third-order valence-corrected chi connectivity index (χ3v) is 5.01. The van der Waals surface area contributed by atoms with Crippen LogP contribution in [0, 0.1) is 5.92 Å². The Balaban J connectivity index is 1.68. The summed E-state index contributed by atoms with van der Waals surface area (Å²) in [5.41, 5.74) is 0.843. The number of benzene rings is 1. The summed E-state index contributed by atoms with van der Waals surface area (Å²) in [6.45, 7) is 0.420. The molecule has 3 rings (SSSR count). The zero-order valence-corrected chi connectivity index (χ0v) is 15.9. The molecule has 1 N–H and O–H groups in total. The molecule has 0 aliphatic heterocycles. The first-order valence-electron chi connectivity index (χ1n) is 7.37. The van der Waals surface area contributed by atoms with E-state index >= 15 is 0 Å². The van der Waals surface area contributed by atoms with Crippen LogP contribution in [0.4, 0.5) is 10.2 Å². The van der Waals surface area contributed by atoms with Gasteiger partial charge >= 0.3 is 0 Å². The molecule has 0 spiro atoms. The minimum atomic E-state index is -1.91.